The lowest BCUT2D eigenvalue weighted by atomic mass is 10.1. The van der Waals surface area contributed by atoms with Gasteiger partial charge in [-0.3, -0.25) is 0 Å². The van der Waals surface area contributed by atoms with Crippen molar-refractivity contribution in [3.05, 3.63) is 0 Å². The van der Waals surface area contributed by atoms with Crippen LogP contribution in [0.2, 0.25) is 0 Å². The molecule has 0 aliphatic carbocycles. The van der Waals surface area contributed by atoms with E-state index in [0.29, 0.717) is 5.92 Å². The van der Waals surface area contributed by atoms with E-state index in [9.17, 15) is 4.79 Å². The monoisotopic (exact) mass is 230 g/mol. The Hall–Kier alpha value is -0.370. The fraction of sp³-hybridized carbons (Fsp3) is 0.929. The van der Waals surface area contributed by atoms with E-state index in [1.165, 1.54) is 19.3 Å². The van der Waals surface area contributed by atoms with Crippen LogP contribution in [0.25, 0.3) is 0 Å². The van der Waals surface area contributed by atoms with Crippen LogP contribution in [0.1, 0.15) is 66.7 Å². The average Bonchev–Trinajstić information content (AvgIpc) is 2.16. The predicted octanol–water partition coefficient (Wildman–Crippen LogP) is 4.22. The largest absolute Gasteiger partial charge is 0.381 e. The van der Waals surface area contributed by atoms with Gasteiger partial charge in [-0.15, -0.1) is 0 Å². The number of rotatable bonds is 8. The number of carbonyl (C=O) groups is 1. The third kappa shape index (κ3) is 23.4. The molecule has 0 aromatic heterocycles. The SMILES string of the molecule is CC(=O)CC(C)C.CCCCCOCCC. The van der Waals surface area contributed by atoms with Gasteiger partial charge < -0.3 is 9.53 Å². The van der Waals surface area contributed by atoms with E-state index >= 15 is 0 Å². The first-order valence-corrected chi connectivity index (χ1v) is 6.61. The summed E-state index contributed by atoms with van der Waals surface area (Å²) in [6.07, 6.45) is 5.70. The summed E-state index contributed by atoms with van der Waals surface area (Å²) in [6, 6.07) is 0. The van der Waals surface area contributed by atoms with Crippen LogP contribution in [0.5, 0.6) is 0 Å². The summed E-state index contributed by atoms with van der Waals surface area (Å²) in [5.74, 6) is 0.813. The highest BCUT2D eigenvalue weighted by molar-refractivity contribution is 5.75. The number of unbranched alkanes of at least 4 members (excludes halogenated alkanes) is 2. The first-order chi connectivity index (χ1) is 7.54. The van der Waals surface area contributed by atoms with Crippen molar-refractivity contribution in [2.75, 3.05) is 13.2 Å². The van der Waals surface area contributed by atoms with E-state index in [2.05, 4.69) is 13.8 Å². The summed E-state index contributed by atoms with van der Waals surface area (Å²) in [5, 5.41) is 0. The molecular weight excluding hydrogens is 200 g/mol. The molecule has 0 bridgehead atoms. The minimum atomic E-state index is 0.287. The summed E-state index contributed by atoms with van der Waals surface area (Å²) < 4.78 is 5.28. The maximum Gasteiger partial charge on any atom is 0.130 e. The fourth-order valence-electron chi connectivity index (χ4n) is 1.28. The molecule has 16 heavy (non-hydrogen) atoms. The number of carbonyl (C=O) groups excluding carboxylic acids is 1. The first-order valence-electron chi connectivity index (χ1n) is 6.61. The van der Waals surface area contributed by atoms with Crippen molar-refractivity contribution in [2.24, 2.45) is 5.92 Å². The summed E-state index contributed by atoms with van der Waals surface area (Å²) in [5.41, 5.74) is 0. The minimum Gasteiger partial charge on any atom is -0.381 e. The molecule has 0 aliphatic heterocycles. The van der Waals surface area contributed by atoms with Crippen molar-refractivity contribution in [3.63, 3.8) is 0 Å². The summed E-state index contributed by atoms with van der Waals surface area (Å²) >= 11 is 0. The number of hydrogen-bond donors (Lipinski definition) is 0. The fourth-order valence-corrected chi connectivity index (χ4v) is 1.28. The van der Waals surface area contributed by atoms with Gasteiger partial charge in [0.25, 0.3) is 0 Å². The number of ketones is 1. The van der Waals surface area contributed by atoms with Gasteiger partial charge in [0.1, 0.15) is 5.78 Å². The molecule has 0 saturated heterocycles. The lowest BCUT2D eigenvalue weighted by Crippen LogP contribution is -1.95. The molecule has 0 atom stereocenters. The van der Waals surface area contributed by atoms with E-state index in [0.717, 1.165) is 26.1 Å². The van der Waals surface area contributed by atoms with Crippen LogP contribution in [0.15, 0.2) is 0 Å². The van der Waals surface area contributed by atoms with Gasteiger partial charge in [-0.05, 0) is 25.7 Å². The zero-order valence-corrected chi connectivity index (χ0v) is 11.8. The van der Waals surface area contributed by atoms with Crippen molar-refractivity contribution in [3.8, 4) is 0 Å². The van der Waals surface area contributed by atoms with Gasteiger partial charge in [-0.25, -0.2) is 0 Å². The van der Waals surface area contributed by atoms with E-state index < -0.39 is 0 Å². The molecule has 0 aromatic carbocycles. The molecule has 0 radical (unpaired) electrons. The highest BCUT2D eigenvalue weighted by atomic mass is 16.5. The highest BCUT2D eigenvalue weighted by Crippen LogP contribution is 1.97. The molecule has 0 rings (SSSR count). The van der Waals surface area contributed by atoms with Crippen molar-refractivity contribution >= 4 is 5.78 Å². The molecule has 2 heteroatoms. The maximum atomic E-state index is 10.3. The molecule has 0 unspecified atom stereocenters. The lowest BCUT2D eigenvalue weighted by Gasteiger charge is -1.99. The van der Waals surface area contributed by atoms with Gasteiger partial charge in [0.05, 0.1) is 0 Å². The third-order valence-corrected chi connectivity index (χ3v) is 1.94. The topological polar surface area (TPSA) is 26.3 Å². The molecule has 2 nitrogen and oxygen atoms in total. The van der Waals surface area contributed by atoms with Crippen molar-refractivity contribution in [1.82, 2.24) is 0 Å². The maximum absolute atomic E-state index is 10.3. The van der Waals surface area contributed by atoms with Gasteiger partial charge in [-0.1, -0.05) is 40.5 Å². The average molecular weight is 230 g/mol. The van der Waals surface area contributed by atoms with Crippen molar-refractivity contribution in [2.45, 2.75) is 66.7 Å². The van der Waals surface area contributed by atoms with Crippen molar-refractivity contribution < 1.29 is 9.53 Å². The van der Waals surface area contributed by atoms with Gasteiger partial charge >= 0.3 is 0 Å². The van der Waals surface area contributed by atoms with Crippen LogP contribution in [0.4, 0.5) is 0 Å². The second-order valence-electron chi connectivity index (χ2n) is 4.62. The Morgan fingerprint density at radius 1 is 1.06 bits per heavy atom. The van der Waals surface area contributed by atoms with Gasteiger partial charge in [0, 0.05) is 19.6 Å². The molecular formula is C14H30O2. The van der Waals surface area contributed by atoms with Crippen LogP contribution < -0.4 is 0 Å². The summed E-state index contributed by atoms with van der Waals surface area (Å²) in [7, 11) is 0. The van der Waals surface area contributed by atoms with Gasteiger partial charge in [0.2, 0.25) is 0 Å². The Kier molecular flexibility index (Phi) is 16.5. The quantitative estimate of drug-likeness (QED) is 0.583. The van der Waals surface area contributed by atoms with E-state index in [4.69, 9.17) is 4.74 Å². The van der Waals surface area contributed by atoms with Crippen LogP contribution in [-0.4, -0.2) is 19.0 Å². The number of hydrogen-bond acceptors (Lipinski definition) is 2. The Bertz CT molecular complexity index is 136. The molecule has 0 aromatic rings. The number of ether oxygens (including phenoxy) is 1. The molecule has 0 heterocycles. The molecule has 0 N–H and O–H groups in total. The Morgan fingerprint density at radius 3 is 2.00 bits per heavy atom. The third-order valence-electron chi connectivity index (χ3n) is 1.94. The van der Waals surface area contributed by atoms with Crippen LogP contribution in [-0.2, 0) is 9.53 Å². The van der Waals surface area contributed by atoms with Gasteiger partial charge in [0.15, 0.2) is 0 Å². The zero-order valence-electron chi connectivity index (χ0n) is 11.8. The van der Waals surface area contributed by atoms with Crippen LogP contribution >= 0.6 is 0 Å². The highest BCUT2D eigenvalue weighted by Gasteiger charge is 1.95. The standard InChI is InChI=1S/C8H18O.C6H12O/c1-3-5-6-8-9-7-4-2;1-5(2)4-6(3)7/h3-8H2,1-2H3;5H,4H2,1-3H3. The van der Waals surface area contributed by atoms with Crippen LogP contribution in [0, 0.1) is 5.92 Å². The normalized spacial score (nSPS) is 9.88. The van der Waals surface area contributed by atoms with Crippen molar-refractivity contribution in [1.29, 1.82) is 0 Å². The smallest absolute Gasteiger partial charge is 0.130 e. The Morgan fingerprint density at radius 2 is 1.69 bits per heavy atom. The molecule has 0 spiro atoms. The molecule has 98 valence electrons. The van der Waals surface area contributed by atoms with E-state index in [1.54, 1.807) is 6.92 Å². The van der Waals surface area contributed by atoms with Gasteiger partial charge in [-0.2, -0.15) is 0 Å². The molecule has 0 fully saturated rings. The minimum absolute atomic E-state index is 0.287. The molecule has 0 amide bonds. The lowest BCUT2D eigenvalue weighted by molar-refractivity contribution is -0.117. The van der Waals surface area contributed by atoms with Crippen LogP contribution in [0.3, 0.4) is 0 Å². The second kappa shape index (κ2) is 14.6. The predicted molar refractivity (Wildman–Crippen MR) is 70.8 cm³/mol. The summed E-state index contributed by atoms with van der Waals surface area (Å²) in [6.45, 7) is 12.0. The Labute approximate surface area is 102 Å². The number of Topliss-reactive ketones (excluding diaryl/α,β-unsaturated/α-hetero) is 1. The molecule has 0 saturated carbocycles. The van der Waals surface area contributed by atoms with E-state index in [1.807, 2.05) is 13.8 Å². The summed E-state index contributed by atoms with van der Waals surface area (Å²) in [4.78, 5) is 10.3. The first kappa shape index (κ1) is 18.0. The Balaban J connectivity index is 0. The van der Waals surface area contributed by atoms with E-state index in [-0.39, 0.29) is 5.78 Å². The second-order valence-corrected chi connectivity index (χ2v) is 4.62. The zero-order chi connectivity index (χ0) is 12.8. The molecule has 0 aliphatic rings.